The van der Waals surface area contributed by atoms with E-state index in [9.17, 15) is 4.79 Å². The van der Waals surface area contributed by atoms with E-state index in [0.717, 1.165) is 26.1 Å². The van der Waals surface area contributed by atoms with E-state index < -0.39 is 0 Å². The Hall–Kier alpha value is -2.34. The zero-order valence-corrected chi connectivity index (χ0v) is 17.7. The molecule has 0 aliphatic carbocycles. The van der Waals surface area contributed by atoms with E-state index in [2.05, 4.69) is 23.1 Å². The summed E-state index contributed by atoms with van der Waals surface area (Å²) in [6, 6.07) is 12.6. The Balaban J connectivity index is 1.44. The van der Waals surface area contributed by atoms with E-state index >= 15 is 0 Å². The topological polar surface area (TPSA) is 42.0 Å². The van der Waals surface area contributed by atoms with Crippen LogP contribution in [0.1, 0.15) is 34.7 Å². The smallest absolute Gasteiger partial charge is 0.254 e. The standard InChI is InChI=1S/C23H26N2O3S/c1-27-16-11-15(12-17(13-16)28-2)23(26)24-9-7-20-19(14-24)18-5-3-6-21-22(18)25(20)8-4-10-29-21/h3,5-6,11-13,19-20H,4,7-10,14H2,1-2H3/t19-,20-/m1/s1. The molecule has 3 aliphatic heterocycles. The van der Waals surface area contributed by atoms with Crippen LogP contribution >= 0.6 is 11.8 Å². The van der Waals surface area contributed by atoms with E-state index in [1.54, 1.807) is 32.4 Å². The second-order valence-corrected chi connectivity index (χ2v) is 9.04. The van der Waals surface area contributed by atoms with Crippen LogP contribution in [0.3, 0.4) is 0 Å². The van der Waals surface area contributed by atoms with Crippen LogP contribution in [0.25, 0.3) is 0 Å². The zero-order valence-electron chi connectivity index (χ0n) is 16.9. The molecule has 2 atom stereocenters. The molecule has 0 spiro atoms. The lowest BCUT2D eigenvalue weighted by Crippen LogP contribution is -2.48. The maximum absolute atomic E-state index is 13.3. The van der Waals surface area contributed by atoms with Gasteiger partial charge in [-0.2, -0.15) is 0 Å². The van der Waals surface area contributed by atoms with Crippen LogP contribution in [0.5, 0.6) is 11.5 Å². The summed E-state index contributed by atoms with van der Waals surface area (Å²) in [5, 5.41) is 0. The van der Waals surface area contributed by atoms with E-state index in [4.69, 9.17) is 9.47 Å². The number of hydrogen-bond donors (Lipinski definition) is 0. The van der Waals surface area contributed by atoms with Crippen LogP contribution in [-0.4, -0.2) is 56.5 Å². The summed E-state index contributed by atoms with van der Waals surface area (Å²) in [6.45, 7) is 2.67. The average Bonchev–Trinajstić information content (AvgIpc) is 2.93. The van der Waals surface area contributed by atoms with Gasteiger partial charge in [-0.1, -0.05) is 12.1 Å². The Bertz CT molecular complexity index is 925. The highest BCUT2D eigenvalue weighted by Crippen LogP contribution is 2.50. The van der Waals surface area contributed by atoms with Crippen LogP contribution in [-0.2, 0) is 0 Å². The van der Waals surface area contributed by atoms with Gasteiger partial charge in [0.2, 0.25) is 0 Å². The number of benzene rings is 2. The predicted octanol–water partition coefficient (Wildman–Crippen LogP) is 4.02. The Morgan fingerprint density at radius 1 is 1.10 bits per heavy atom. The highest BCUT2D eigenvalue weighted by atomic mass is 32.2. The fraction of sp³-hybridized carbons (Fsp3) is 0.435. The number of amides is 1. The minimum absolute atomic E-state index is 0.0540. The first-order valence-electron chi connectivity index (χ1n) is 10.2. The van der Waals surface area contributed by atoms with Gasteiger partial charge in [-0.15, -0.1) is 11.8 Å². The summed E-state index contributed by atoms with van der Waals surface area (Å²) >= 11 is 1.98. The van der Waals surface area contributed by atoms with Crippen LogP contribution in [0, 0.1) is 0 Å². The summed E-state index contributed by atoms with van der Waals surface area (Å²) in [6.07, 6.45) is 2.23. The number of piperidine rings is 1. The zero-order chi connectivity index (χ0) is 20.0. The molecule has 0 saturated carbocycles. The number of para-hydroxylation sites is 1. The molecular formula is C23H26N2O3S. The summed E-state index contributed by atoms with van der Waals surface area (Å²) in [4.78, 5) is 19.4. The largest absolute Gasteiger partial charge is 0.497 e. The second-order valence-electron chi connectivity index (χ2n) is 7.90. The van der Waals surface area contributed by atoms with Gasteiger partial charge in [0.25, 0.3) is 5.91 Å². The Kier molecular flexibility index (Phi) is 4.82. The van der Waals surface area contributed by atoms with Crippen molar-refractivity contribution in [1.82, 2.24) is 4.90 Å². The van der Waals surface area contributed by atoms with Gasteiger partial charge in [0.1, 0.15) is 11.5 Å². The first-order chi connectivity index (χ1) is 14.2. The fourth-order valence-corrected chi connectivity index (χ4v) is 6.08. The minimum Gasteiger partial charge on any atom is -0.497 e. The van der Waals surface area contributed by atoms with Crippen molar-refractivity contribution in [2.45, 2.75) is 29.7 Å². The molecule has 0 bridgehead atoms. The molecule has 0 unspecified atom stereocenters. The first kappa shape index (κ1) is 18.7. The maximum atomic E-state index is 13.3. The third-order valence-electron chi connectivity index (χ3n) is 6.38. The fourth-order valence-electron chi connectivity index (χ4n) is 5.04. The summed E-state index contributed by atoms with van der Waals surface area (Å²) in [5.74, 6) is 2.91. The van der Waals surface area contributed by atoms with E-state index in [0.29, 0.717) is 29.0 Å². The lowest BCUT2D eigenvalue weighted by molar-refractivity contribution is 0.0696. The molecule has 1 saturated heterocycles. The Labute approximate surface area is 176 Å². The number of anilines is 1. The normalized spacial score (nSPS) is 22.6. The number of fused-ring (bicyclic) bond motifs is 3. The SMILES string of the molecule is COc1cc(OC)cc(C(=O)N2CC[C@@H]3[C@H](C2)c2cccc4c2N3CCCS4)c1. The van der Waals surface area contributed by atoms with Crippen LogP contribution in [0.15, 0.2) is 41.3 Å². The number of hydrogen-bond acceptors (Lipinski definition) is 5. The second kappa shape index (κ2) is 7.48. The van der Waals surface area contributed by atoms with Crippen molar-refractivity contribution in [1.29, 1.82) is 0 Å². The molecule has 0 N–H and O–H groups in total. The van der Waals surface area contributed by atoms with Crippen molar-refractivity contribution in [3.05, 3.63) is 47.5 Å². The molecule has 1 fully saturated rings. The van der Waals surface area contributed by atoms with E-state index in [-0.39, 0.29) is 5.91 Å². The number of nitrogens with zero attached hydrogens (tertiary/aromatic N) is 2. The molecule has 5 nitrogen and oxygen atoms in total. The van der Waals surface area contributed by atoms with E-state index in [1.165, 1.54) is 28.3 Å². The molecule has 5 rings (SSSR count). The number of carbonyl (C=O) groups excluding carboxylic acids is 1. The van der Waals surface area contributed by atoms with Gasteiger partial charge in [-0.05, 0) is 42.4 Å². The molecule has 152 valence electrons. The number of likely N-dealkylation sites (tertiary alicyclic amines) is 1. The summed E-state index contributed by atoms with van der Waals surface area (Å²) < 4.78 is 10.7. The molecule has 2 aromatic carbocycles. The average molecular weight is 411 g/mol. The van der Waals surface area contributed by atoms with Gasteiger partial charge in [-0.3, -0.25) is 4.79 Å². The third-order valence-corrected chi connectivity index (χ3v) is 7.51. The van der Waals surface area contributed by atoms with Gasteiger partial charge in [-0.25, -0.2) is 0 Å². The summed E-state index contributed by atoms with van der Waals surface area (Å²) in [5.41, 5.74) is 3.48. The van der Waals surface area contributed by atoms with Crippen LogP contribution < -0.4 is 14.4 Å². The lowest BCUT2D eigenvalue weighted by atomic mass is 9.88. The number of ether oxygens (including phenoxy) is 2. The van der Waals surface area contributed by atoms with Crippen molar-refractivity contribution >= 4 is 23.4 Å². The highest BCUT2D eigenvalue weighted by molar-refractivity contribution is 7.99. The number of thioether (sulfide) groups is 1. The number of rotatable bonds is 3. The molecule has 0 radical (unpaired) electrons. The molecule has 0 aromatic heterocycles. The van der Waals surface area contributed by atoms with Gasteiger partial charge < -0.3 is 19.3 Å². The van der Waals surface area contributed by atoms with E-state index in [1.807, 2.05) is 16.7 Å². The number of methoxy groups -OCH3 is 2. The maximum Gasteiger partial charge on any atom is 0.254 e. The molecule has 6 heteroatoms. The first-order valence-corrected chi connectivity index (χ1v) is 11.2. The van der Waals surface area contributed by atoms with Gasteiger partial charge in [0.05, 0.1) is 19.9 Å². The Morgan fingerprint density at radius 3 is 2.66 bits per heavy atom. The van der Waals surface area contributed by atoms with Crippen molar-refractivity contribution in [2.75, 3.05) is 44.5 Å². The van der Waals surface area contributed by atoms with Crippen LogP contribution in [0.2, 0.25) is 0 Å². The minimum atomic E-state index is 0.0540. The lowest BCUT2D eigenvalue weighted by Gasteiger charge is -2.39. The van der Waals surface area contributed by atoms with Crippen molar-refractivity contribution in [3.63, 3.8) is 0 Å². The van der Waals surface area contributed by atoms with Crippen LogP contribution in [0.4, 0.5) is 5.69 Å². The van der Waals surface area contributed by atoms with Gasteiger partial charge >= 0.3 is 0 Å². The monoisotopic (exact) mass is 410 g/mol. The highest BCUT2D eigenvalue weighted by Gasteiger charge is 2.44. The van der Waals surface area contributed by atoms with Gasteiger partial charge in [0.15, 0.2) is 0 Å². The molecule has 1 amide bonds. The quantitative estimate of drug-likeness (QED) is 0.765. The van der Waals surface area contributed by atoms with Crippen molar-refractivity contribution < 1.29 is 14.3 Å². The third kappa shape index (κ3) is 3.14. The molecule has 2 aromatic rings. The molecular weight excluding hydrogens is 384 g/mol. The van der Waals surface area contributed by atoms with Crippen molar-refractivity contribution in [2.24, 2.45) is 0 Å². The predicted molar refractivity (Wildman–Crippen MR) is 116 cm³/mol. The van der Waals surface area contributed by atoms with Crippen molar-refractivity contribution in [3.8, 4) is 11.5 Å². The number of carbonyl (C=O) groups is 1. The molecule has 3 heterocycles. The van der Waals surface area contributed by atoms with Gasteiger partial charge in [0, 0.05) is 48.1 Å². The molecule has 29 heavy (non-hydrogen) atoms. The molecule has 3 aliphatic rings. The Morgan fingerprint density at radius 2 is 1.90 bits per heavy atom. The summed E-state index contributed by atoms with van der Waals surface area (Å²) in [7, 11) is 3.22.